The molecule has 0 aliphatic carbocycles. The van der Waals surface area contributed by atoms with E-state index in [1.54, 1.807) is 24.3 Å². The number of benzene rings is 2. The zero-order valence-corrected chi connectivity index (χ0v) is 16.9. The Balaban J connectivity index is 1.48. The molecule has 4 rings (SSSR count). The van der Waals surface area contributed by atoms with Gasteiger partial charge in [0.15, 0.2) is 11.7 Å². The van der Waals surface area contributed by atoms with Gasteiger partial charge in [0.2, 0.25) is 5.89 Å². The number of nitrogens with two attached hydrogens (primary N) is 1. The van der Waals surface area contributed by atoms with Crippen LogP contribution in [-0.2, 0) is 16.0 Å². The molecule has 1 amide bonds. The summed E-state index contributed by atoms with van der Waals surface area (Å²) in [4.78, 5) is 32.3. The maximum absolute atomic E-state index is 12.7. The van der Waals surface area contributed by atoms with Crippen molar-refractivity contribution in [3.05, 3.63) is 89.8 Å². The van der Waals surface area contributed by atoms with Crippen LogP contribution in [0.3, 0.4) is 0 Å². The molecular weight excluding hydrogens is 396 g/mol. The fourth-order valence-electron chi connectivity index (χ4n) is 3.43. The summed E-state index contributed by atoms with van der Waals surface area (Å²) in [6, 6.07) is 15.2. The molecule has 0 saturated carbocycles. The van der Waals surface area contributed by atoms with Crippen LogP contribution in [-0.4, -0.2) is 29.0 Å². The summed E-state index contributed by atoms with van der Waals surface area (Å²) in [5.41, 5.74) is 8.96. The van der Waals surface area contributed by atoms with Crippen LogP contribution < -0.4 is 11.1 Å². The molecule has 4 N–H and O–H groups in total. The third-order valence-corrected chi connectivity index (χ3v) is 5.03. The average molecular weight is 418 g/mol. The predicted octanol–water partition coefficient (Wildman–Crippen LogP) is 3.04. The lowest BCUT2D eigenvalue weighted by atomic mass is 10.1. The Morgan fingerprint density at radius 2 is 1.90 bits per heavy atom. The Kier molecular flexibility index (Phi) is 5.81. The summed E-state index contributed by atoms with van der Waals surface area (Å²) < 4.78 is 10.3. The van der Waals surface area contributed by atoms with E-state index in [9.17, 15) is 9.59 Å². The Labute approximate surface area is 178 Å². The number of aromatic amines is 1. The molecule has 2 aromatic carbocycles. The first-order chi connectivity index (χ1) is 15.1. The number of aromatic nitrogens is 2. The van der Waals surface area contributed by atoms with Crippen molar-refractivity contribution < 1.29 is 18.7 Å². The zero-order chi connectivity index (χ0) is 21.8. The van der Waals surface area contributed by atoms with Crippen molar-refractivity contribution >= 4 is 22.8 Å². The lowest BCUT2D eigenvalue weighted by Gasteiger charge is -2.16. The second-order valence-electron chi connectivity index (χ2n) is 7.08. The van der Waals surface area contributed by atoms with Crippen LogP contribution in [0.4, 0.5) is 0 Å². The molecule has 8 nitrogen and oxygen atoms in total. The molecule has 4 aromatic rings. The van der Waals surface area contributed by atoms with E-state index >= 15 is 0 Å². The zero-order valence-electron chi connectivity index (χ0n) is 16.9. The predicted molar refractivity (Wildman–Crippen MR) is 114 cm³/mol. The lowest BCUT2D eigenvalue weighted by Crippen LogP contribution is -2.34. The monoisotopic (exact) mass is 418 g/mol. The summed E-state index contributed by atoms with van der Waals surface area (Å²) in [6.45, 7) is 0. The van der Waals surface area contributed by atoms with Gasteiger partial charge in [-0.05, 0) is 23.6 Å². The summed E-state index contributed by atoms with van der Waals surface area (Å²) in [6.07, 6.45) is 3.63. The molecule has 8 heteroatoms. The summed E-state index contributed by atoms with van der Waals surface area (Å²) in [7, 11) is 1.27. The van der Waals surface area contributed by atoms with Gasteiger partial charge >= 0.3 is 5.97 Å². The number of rotatable bonds is 7. The summed E-state index contributed by atoms with van der Waals surface area (Å²) in [5, 5.41) is 3.72. The fraction of sp³-hybridized carbons (Fsp3) is 0.174. The van der Waals surface area contributed by atoms with Gasteiger partial charge in [0, 0.05) is 17.1 Å². The Morgan fingerprint density at radius 1 is 1.16 bits per heavy atom. The number of nitrogens with zero attached hydrogens (tertiary/aromatic N) is 1. The molecule has 2 heterocycles. The molecular formula is C23H22N4O4. The molecule has 0 fully saturated rings. The molecule has 0 aliphatic heterocycles. The van der Waals surface area contributed by atoms with E-state index in [1.807, 2.05) is 36.5 Å². The van der Waals surface area contributed by atoms with Gasteiger partial charge in [0.25, 0.3) is 5.91 Å². The number of esters is 1. The van der Waals surface area contributed by atoms with Gasteiger partial charge in [-0.3, -0.25) is 4.79 Å². The topological polar surface area (TPSA) is 123 Å². The molecule has 0 radical (unpaired) electrons. The largest absolute Gasteiger partial charge is 0.467 e. The third-order valence-electron chi connectivity index (χ3n) is 5.03. The number of methoxy groups -OCH3 is 1. The molecule has 0 aliphatic rings. The van der Waals surface area contributed by atoms with Gasteiger partial charge in [0.05, 0.1) is 13.2 Å². The number of carbonyl (C=O) groups excluding carboxylic acids is 2. The highest BCUT2D eigenvalue weighted by molar-refractivity contribution is 5.95. The first-order valence-corrected chi connectivity index (χ1v) is 9.76. The van der Waals surface area contributed by atoms with Gasteiger partial charge in [-0.25, -0.2) is 9.78 Å². The van der Waals surface area contributed by atoms with Crippen molar-refractivity contribution in [3.63, 3.8) is 0 Å². The molecule has 2 atom stereocenters. The molecule has 0 spiro atoms. The van der Waals surface area contributed by atoms with Gasteiger partial charge in [-0.15, -0.1) is 0 Å². The van der Waals surface area contributed by atoms with Crippen molar-refractivity contribution in [2.75, 3.05) is 7.11 Å². The highest BCUT2D eigenvalue weighted by Crippen LogP contribution is 2.23. The second-order valence-corrected chi connectivity index (χ2v) is 7.08. The molecule has 0 saturated heterocycles. The minimum absolute atomic E-state index is 0.0363. The summed E-state index contributed by atoms with van der Waals surface area (Å²) >= 11 is 0. The highest BCUT2D eigenvalue weighted by atomic mass is 16.5. The van der Waals surface area contributed by atoms with Crippen LogP contribution >= 0.6 is 0 Å². The van der Waals surface area contributed by atoms with Gasteiger partial charge in [-0.1, -0.05) is 48.5 Å². The van der Waals surface area contributed by atoms with Crippen molar-refractivity contribution in [2.24, 2.45) is 5.73 Å². The van der Waals surface area contributed by atoms with Crippen molar-refractivity contribution in [1.29, 1.82) is 0 Å². The van der Waals surface area contributed by atoms with E-state index in [0.29, 0.717) is 12.0 Å². The van der Waals surface area contributed by atoms with E-state index in [-0.39, 0.29) is 11.6 Å². The van der Waals surface area contributed by atoms with Gasteiger partial charge in [0.1, 0.15) is 6.26 Å². The molecule has 0 bridgehead atoms. The quantitative estimate of drug-likeness (QED) is 0.396. The van der Waals surface area contributed by atoms with E-state index in [0.717, 1.165) is 16.5 Å². The number of ether oxygens (including phenoxy) is 1. The molecule has 2 unspecified atom stereocenters. The van der Waals surface area contributed by atoms with Crippen LogP contribution in [0.2, 0.25) is 0 Å². The van der Waals surface area contributed by atoms with Crippen LogP contribution in [0.15, 0.2) is 71.5 Å². The molecule has 31 heavy (non-hydrogen) atoms. The highest BCUT2D eigenvalue weighted by Gasteiger charge is 2.26. The van der Waals surface area contributed by atoms with Crippen molar-refractivity contribution in [3.8, 4) is 0 Å². The Morgan fingerprint density at radius 3 is 2.68 bits per heavy atom. The number of fused-ring (bicyclic) bond motifs is 1. The number of H-pyrrole nitrogens is 1. The first-order valence-electron chi connectivity index (χ1n) is 9.76. The normalized spacial score (nSPS) is 13.0. The van der Waals surface area contributed by atoms with E-state index in [4.69, 9.17) is 14.9 Å². The number of hydrogen-bond acceptors (Lipinski definition) is 6. The number of oxazole rings is 1. The smallest absolute Gasteiger partial charge is 0.333 e. The van der Waals surface area contributed by atoms with E-state index < -0.39 is 24.0 Å². The van der Waals surface area contributed by atoms with Crippen molar-refractivity contribution in [1.82, 2.24) is 15.3 Å². The van der Waals surface area contributed by atoms with Crippen LogP contribution in [0.5, 0.6) is 0 Å². The van der Waals surface area contributed by atoms with E-state index in [1.165, 1.54) is 13.4 Å². The van der Waals surface area contributed by atoms with Crippen LogP contribution in [0.1, 0.15) is 39.6 Å². The molecule has 158 valence electrons. The van der Waals surface area contributed by atoms with E-state index in [2.05, 4.69) is 15.3 Å². The first kappa shape index (κ1) is 20.4. The van der Waals surface area contributed by atoms with Gasteiger partial charge < -0.3 is 25.2 Å². The van der Waals surface area contributed by atoms with Crippen LogP contribution in [0.25, 0.3) is 10.9 Å². The van der Waals surface area contributed by atoms with Crippen molar-refractivity contribution in [2.45, 2.75) is 18.5 Å². The number of nitrogens with one attached hydrogen (secondary N) is 2. The van der Waals surface area contributed by atoms with Gasteiger partial charge in [-0.2, -0.15) is 0 Å². The maximum Gasteiger partial charge on any atom is 0.333 e. The Bertz CT molecular complexity index is 1200. The second kappa shape index (κ2) is 8.85. The lowest BCUT2D eigenvalue weighted by molar-refractivity contribution is -0.143. The fourth-order valence-corrected chi connectivity index (χ4v) is 3.43. The molecule has 2 aromatic heterocycles. The van der Waals surface area contributed by atoms with Crippen LogP contribution in [0, 0.1) is 0 Å². The maximum atomic E-state index is 12.7. The SMILES string of the molecule is COC(=O)C(NC(=O)c1coc(C(N)Cc2c[nH]c3ccccc23)n1)c1ccccc1. The number of carbonyl (C=O) groups is 2. The minimum Gasteiger partial charge on any atom is -0.467 e. The minimum atomic E-state index is -0.959. The number of para-hydroxylation sites is 1. The number of hydrogen-bond donors (Lipinski definition) is 3. The summed E-state index contributed by atoms with van der Waals surface area (Å²) in [5.74, 6) is -0.905. The standard InChI is InChI=1S/C23H22N4O4/c1-30-23(29)20(14-7-3-2-4-8-14)27-21(28)19-13-31-22(26-19)17(24)11-15-12-25-18-10-6-5-9-16(15)18/h2-10,12-13,17,20,25H,11,24H2,1H3,(H,27,28). The number of amides is 1. The Hall–Kier alpha value is -3.91. The third kappa shape index (κ3) is 4.34. The average Bonchev–Trinajstić information content (AvgIpc) is 3.45.